The predicted molar refractivity (Wildman–Crippen MR) is 79.1 cm³/mol. The molecule has 6 nitrogen and oxygen atoms in total. The average molecular weight is 311 g/mol. The Kier molecular flexibility index (Phi) is 4.72. The molecule has 0 atom stereocenters. The van der Waals surface area contributed by atoms with Crippen LogP contribution in [-0.4, -0.2) is 20.1 Å². The summed E-state index contributed by atoms with van der Waals surface area (Å²) >= 11 is 6.10. The van der Waals surface area contributed by atoms with Crippen LogP contribution in [0.25, 0.3) is 0 Å². The van der Waals surface area contributed by atoms with Crippen molar-refractivity contribution in [2.75, 3.05) is 19.5 Å². The molecule has 112 valence electrons. The highest BCUT2D eigenvalue weighted by Crippen LogP contribution is 2.36. The van der Waals surface area contributed by atoms with Gasteiger partial charge < -0.3 is 24.9 Å². The lowest BCUT2D eigenvalue weighted by atomic mass is 10.2. The van der Waals surface area contributed by atoms with Crippen LogP contribution in [0.15, 0.2) is 28.7 Å². The third-order valence-corrected chi connectivity index (χ3v) is 3.12. The smallest absolute Gasteiger partial charge is 0.291 e. The molecular weight excluding hydrogens is 296 g/mol. The summed E-state index contributed by atoms with van der Waals surface area (Å²) in [4.78, 5) is 12.1. The van der Waals surface area contributed by atoms with E-state index in [0.29, 0.717) is 28.0 Å². The number of furan rings is 1. The number of carbonyl (C=O) groups is 1. The molecule has 0 saturated heterocycles. The molecule has 1 amide bonds. The number of rotatable bonds is 5. The summed E-state index contributed by atoms with van der Waals surface area (Å²) in [6.45, 7) is 0.227. The van der Waals surface area contributed by atoms with Gasteiger partial charge in [0.05, 0.1) is 31.5 Å². The van der Waals surface area contributed by atoms with E-state index >= 15 is 0 Å². The fourth-order valence-corrected chi connectivity index (χ4v) is 1.94. The van der Waals surface area contributed by atoms with Crippen LogP contribution in [0.2, 0.25) is 5.02 Å². The van der Waals surface area contributed by atoms with Crippen molar-refractivity contribution in [3.8, 4) is 11.5 Å². The van der Waals surface area contributed by atoms with Crippen LogP contribution in [0.5, 0.6) is 11.5 Å². The molecule has 0 aliphatic heterocycles. The summed E-state index contributed by atoms with van der Waals surface area (Å²) in [5, 5.41) is 2.97. The predicted octanol–water partition coefficient (Wildman–Crippen LogP) is 2.66. The van der Waals surface area contributed by atoms with E-state index in [1.54, 1.807) is 24.3 Å². The van der Waals surface area contributed by atoms with E-state index in [2.05, 4.69) is 5.32 Å². The second-order valence-electron chi connectivity index (χ2n) is 4.11. The fraction of sp³-hybridized carbons (Fsp3) is 0.214. The molecule has 1 aromatic heterocycles. The molecule has 0 aliphatic carbocycles. The van der Waals surface area contributed by atoms with Crippen LogP contribution < -0.4 is 20.5 Å². The molecule has 0 unspecified atom stereocenters. The van der Waals surface area contributed by atoms with E-state index in [4.69, 9.17) is 31.2 Å². The molecule has 2 rings (SSSR count). The topological polar surface area (TPSA) is 86.7 Å². The number of amides is 1. The van der Waals surface area contributed by atoms with Gasteiger partial charge in [-0.2, -0.15) is 0 Å². The number of ether oxygens (including phenoxy) is 2. The van der Waals surface area contributed by atoms with Crippen molar-refractivity contribution in [2.24, 2.45) is 5.73 Å². The molecule has 2 aromatic rings. The molecule has 0 fully saturated rings. The first kappa shape index (κ1) is 15.2. The van der Waals surface area contributed by atoms with Crippen molar-refractivity contribution >= 4 is 23.2 Å². The summed E-state index contributed by atoms with van der Waals surface area (Å²) in [6.07, 6.45) is 0. The largest absolute Gasteiger partial charge is 0.493 e. The van der Waals surface area contributed by atoms with E-state index in [1.807, 2.05) is 0 Å². The zero-order valence-corrected chi connectivity index (χ0v) is 12.4. The quantitative estimate of drug-likeness (QED) is 0.886. The summed E-state index contributed by atoms with van der Waals surface area (Å²) < 4.78 is 15.6. The highest BCUT2D eigenvalue weighted by molar-refractivity contribution is 6.34. The molecule has 0 aliphatic rings. The fourth-order valence-electron chi connectivity index (χ4n) is 1.74. The van der Waals surface area contributed by atoms with Crippen molar-refractivity contribution in [1.29, 1.82) is 0 Å². The summed E-state index contributed by atoms with van der Waals surface area (Å²) in [5.41, 5.74) is 5.83. The van der Waals surface area contributed by atoms with E-state index in [1.165, 1.54) is 14.2 Å². The van der Waals surface area contributed by atoms with E-state index < -0.39 is 5.91 Å². The van der Waals surface area contributed by atoms with E-state index in [0.717, 1.165) is 0 Å². The monoisotopic (exact) mass is 310 g/mol. The first-order chi connectivity index (χ1) is 10.1. The van der Waals surface area contributed by atoms with Gasteiger partial charge in [-0.15, -0.1) is 0 Å². The highest BCUT2D eigenvalue weighted by Gasteiger charge is 2.15. The number of halogens is 1. The molecule has 0 saturated carbocycles. The molecule has 7 heteroatoms. The molecule has 0 spiro atoms. The normalized spacial score (nSPS) is 10.3. The second-order valence-corrected chi connectivity index (χ2v) is 4.52. The van der Waals surface area contributed by atoms with Crippen molar-refractivity contribution in [3.05, 3.63) is 40.8 Å². The SMILES string of the molecule is COc1cc(Cl)c(NC(=O)c2ccc(CN)o2)cc1OC. The van der Waals surface area contributed by atoms with Gasteiger partial charge in [-0.25, -0.2) is 0 Å². The van der Waals surface area contributed by atoms with Gasteiger partial charge in [-0.1, -0.05) is 11.6 Å². The Morgan fingerprint density at radius 2 is 1.95 bits per heavy atom. The molecular formula is C14H15ClN2O4. The minimum atomic E-state index is -0.427. The Labute approximate surface area is 126 Å². The Morgan fingerprint density at radius 1 is 1.29 bits per heavy atom. The van der Waals surface area contributed by atoms with Crippen LogP contribution in [-0.2, 0) is 6.54 Å². The lowest BCUT2D eigenvalue weighted by molar-refractivity contribution is 0.0995. The minimum absolute atomic E-state index is 0.154. The first-order valence-electron chi connectivity index (χ1n) is 6.10. The van der Waals surface area contributed by atoms with Gasteiger partial charge in [0.15, 0.2) is 17.3 Å². The summed E-state index contributed by atoms with van der Waals surface area (Å²) in [5.74, 6) is 1.19. The number of hydrogen-bond acceptors (Lipinski definition) is 5. The van der Waals surface area contributed by atoms with Crippen LogP contribution in [0, 0.1) is 0 Å². The molecule has 1 aromatic carbocycles. The zero-order valence-electron chi connectivity index (χ0n) is 11.6. The van der Waals surface area contributed by atoms with Crippen LogP contribution in [0.4, 0.5) is 5.69 Å². The van der Waals surface area contributed by atoms with Gasteiger partial charge in [0.25, 0.3) is 5.91 Å². The number of methoxy groups -OCH3 is 2. The third kappa shape index (κ3) is 3.29. The summed E-state index contributed by atoms with van der Waals surface area (Å²) in [7, 11) is 3.00. The first-order valence-corrected chi connectivity index (χ1v) is 6.48. The number of carbonyl (C=O) groups excluding carboxylic acids is 1. The molecule has 3 N–H and O–H groups in total. The van der Waals surface area contributed by atoms with Crippen LogP contribution >= 0.6 is 11.6 Å². The van der Waals surface area contributed by atoms with E-state index in [9.17, 15) is 4.79 Å². The van der Waals surface area contributed by atoms with Gasteiger partial charge in [0.2, 0.25) is 0 Å². The van der Waals surface area contributed by atoms with Crippen LogP contribution in [0.3, 0.4) is 0 Å². The van der Waals surface area contributed by atoms with Gasteiger partial charge in [0.1, 0.15) is 5.76 Å². The molecule has 0 radical (unpaired) electrons. The Balaban J connectivity index is 2.24. The maximum Gasteiger partial charge on any atom is 0.291 e. The molecule has 0 bridgehead atoms. The molecule has 21 heavy (non-hydrogen) atoms. The van der Waals surface area contributed by atoms with Gasteiger partial charge in [0, 0.05) is 12.1 Å². The number of nitrogens with two attached hydrogens (primary N) is 1. The maximum absolute atomic E-state index is 12.1. The van der Waals surface area contributed by atoms with Crippen molar-refractivity contribution < 1.29 is 18.7 Å². The Bertz CT molecular complexity index is 654. The number of benzene rings is 1. The highest BCUT2D eigenvalue weighted by atomic mass is 35.5. The molecule has 1 heterocycles. The Morgan fingerprint density at radius 3 is 2.52 bits per heavy atom. The standard InChI is InChI=1S/C14H15ClN2O4/c1-19-12-5-9(15)10(6-13(12)20-2)17-14(18)11-4-3-8(7-16)21-11/h3-6H,7,16H2,1-2H3,(H,17,18). The third-order valence-electron chi connectivity index (χ3n) is 2.81. The van der Waals surface area contributed by atoms with Crippen LogP contribution in [0.1, 0.15) is 16.3 Å². The van der Waals surface area contributed by atoms with Gasteiger partial charge >= 0.3 is 0 Å². The second kappa shape index (κ2) is 6.51. The number of nitrogens with one attached hydrogen (secondary N) is 1. The van der Waals surface area contributed by atoms with E-state index in [-0.39, 0.29) is 12.3 Å². The van der Waals surface area contributed by atoms with Crippen molar-refractivity contribution in [2.45, 2.75) is 6.54 Å². The maximum atomic E-state index is 12.1. The van der Waals surface area contributed by atoms with Gasteiger partial charge in [-0.05, 0) is 12.1 Å². The number of anilines is 1. The average Bonchev–Trinajstić information content (AvgIpc) is 2.97. The lowest BCUT2D eigenvalue weighted by Gasteiger charge is -2.12. The summed E-state index contributed by atoms with van der Waals surface area (Å²) in [6, 6.07) is 6.33. The minimum Gasteiger partial charge on any atom is -0.493 e. The van der Waals surface area contributed by atoms with Crippen molar-refractivity contribution in [1.82, 2.24) is 0 Å². The number of hydrogen-bond donors (Lipinski definition) is 2. The van der Waals surface area contributed by atoms with Gasteiger partial charge in [-0.3, -0.25) is 4.79 Å². The Hall–Kier alpha value is -2.18. The zero-order chi connectivity index (χ0) is 15.4. The lowest BCUT2D eigenvalue weighted by Crippen LogP contribution is -2.11. The van der Waals surface area contributed by atoms with Crippen molar-refractivity contribution in [3.63, 3.8) is 0 Å².